The lowest BCUT2D eigenvalue weighted by Gasteiger charge is -2.39. The molecule has 4 aromatic rings. The molecule has 5 rings (SSSR count). The normalized spacial score (nSPS) is 14.1. The van der Waals surface area contributed by atoms with Crippen LogP contribution in [0.15, 0.2) is 84.9 Å². The van der Waals surface area contributed by atoms with E-state index in [0.29, 0.717) is 43.8 Å². The third kappa shape index (κ3) is 5.46. The van der Waals surface area contributed by atoms with E-state index in [-0.39, 0.29) is 5.82 Å². The Bertz CT molecular complexity index is 1380. The maximum Gasteiger partial charge on any atom is 0.134 e. The highest BCUT2D eigenvalue weighted by Gasteiger charge is 2.39. The van der Waals surface area contributed by atoms with Crippen molar-refractivity contribution >= 4 is 0 Å². The van der Waals surface area contributed by atoms with Crippen LogP contribution in [0.25, 0.3) is 11.1 Å². The minimum Gasteiger partial charge on any atom is -0.489 e. The van der Waals surface area contributed by atoms with E-state index in [2.05, 4.69) is 6.92 Å². The molecular formula is C34H35FO3. The first-order valence-corrected chi connectivity index (χ1v) is 13.6. The smallest absolute Gasteiger partial charge is 0.134 e. The first kappa shape index (κ1) is 26.0. The van der Waals surface area contributed by atoms with E-state index in [1.165, 1.54) is 6.07 Å². The summed E-state index contributed by atoms with van der Waals surface area (Å²) in [6.07, 6.45) is 3.70. The maximum absolute atomic E-state index is 15.8. The van der Waals surface area contributed by atoms with Crippen LogP contribution >= 0.6 is 0 Å². The second-order valence-corrected chi connectivity index (χ2v) is 10.1. The zero-order valence-electron chi connectivity index (χ0n) is 22.2. The van der Waals surface area contributed by atoms with Crippen molar-refractivity contribution in [1.82, 2.24) is 0 Å². The molecule has 1 aliphatic rings. The molecule has 0 amide bonds. The molecule has 0 bridgehead atoms. The molecule has 0 aromatic heterocycles. The van der Waals surface area contributed by atoms with E-state index in [4.69, 9.17) is 9.47 Å². The van der Waals surface area contributed by atoms with Crippen LogP contribution in [0.5, 0.6) is 11.5 Å². The number of aliphatic hydroxyl groups is 1. The summed E-state index contributed by atoms with van der Waals surface area (Å²) < 4.78 is 28.1. The fraction of sp³-hybridized carbons (Fsp3) is 0.294. The molecule has 196 valence electrons. The fourth-order valence-corrected chi connectivity index (χ4v) is 5.11. The van der Waals surface area contributed by atoms with Gasteiger partial charge in [0.1, 0.15) is 30.5 Å². The van der Waals surface area contributed by atoms with Crippen molar-refractivity contribution in [3.63, 3.8) is 0 Å². The molecule has 3 nitrogen and oxygen atoms in total. The summed E-state index contributed by atoms with van der Waals surface area (Å²) in [6, 6.07) is 27.3. The highest BCUT2D eigenvalue weighted by atomic mass is 19.1. The van der Waals surface area contributed by atoms with E-state index < -0.39 is 5.60 Å². The summed E-state index contributed by atoms with van der Waals surface area (Å²) in [6.45, 7) is 4.93. The van der Waals surface area contributed by atoms with Gasteiger partial charge in [0.25, 0.3) is 0 Å². The Morgan fingerprint density at radius 2 is 1.21 bits per heavy atom. The first-order valence-electron chi connectivity index (χ1n) is 13.6. The minimum absolute atomic E-state index is 0.352. The van der Waals surface area contributed by atoms with Gasteiger partial charge in [-0.2, -0.15) is 0 Å². The summed E-state index contributed by atoms with van der Waals surface area (Å²) in [5.41, 5.74) is 5.03. The number of halogens is 1. The summed E-state index contributed by atoms with van der Waals surface area (Å²) in [7, 11) is 0. The average molecular weight is 511 g/mol. The molecule has 1 N–H and O–H groups in total. The van der Waals surface area contributed by atoms with Crippen LogP contribution in [0.1, 0.15) is 60.9 Å². The molecular weight excluding hydrogens is 475 g/mol. The van der Waals surface area contributed by atoms with Gasteiger partial charge in [0.05, 0.1) is 5.60 Å². The van der Waals surface area contributed by atoms with Crippen molar-refractivity contribution in [3.05, 3.63) is 119 Å². The van der Waals surface area contributed by atoms with E-state index >= 15 is 4.39 Å². The quantitative estimate of drug-likeness (QED) is 0.234. The van der Waals surface area contributed by atoms with Crippen molar-refractivity contribution in [1.29, 1.82) is 0 Å². The standard InChI is InChI=1S/C34H35FO3/c1-3-26-18-28(29-19-27(4-2)33(21-31(29)35)38-23-25-14-9-6-10-15-25)30(34(36)16-11-17-34)20-32(26)37-22-24-12-7-5-8-13-24/h5-10,12-15,18-21,36H,3-4,11,16-17,22-23H2,1-2H3. The Kier molecular flexibility index (Phi) is 7.80. The van der Waals surface area contributed by atoms with E-state index in [1.54, 1.807) is 0 Å². The van der Waals surface area contributed by atoms with Gasteiger partial charge < -0.3 is 14.6 Å². The van der Waals surface area contributed by atoms with Gasteiger partial charge in [-0.3, -0.25) is 0 Å². The van der Waals surface area contributed by atoms with Crippen molar-refractivity contribution < 1.29 is 19.0 Å². The number of aryl methyl sites for hydroxylation is 2. The lowest BCUT2D eigenvalue weighted by Crippen LogP contribution is -2.34. The third-order valence-corrected chi connectivity index (χ3v) is 7.56. The molecule has 0 radical (unpaired) electrons. The molecule has 1 saturated carbocycles. The van der Waals surface area contributed by atoms with Crippen LogP contribution in [0.4, 0.5) is 4.39 Å². The maximum atomic E-state index is 15.8. The Hall–Kier alpha value is -3.63. The van der Waals surface area contributed by atoms with E-state index in [1.807, 2.05) is 85.8 Å². The summed E-state index contributed by atoms with van der Waals surface area (Å²) >= 11 is 0. The van der Waals surface area contributed by atoms with Gasteiger partial charge in [-0.1, -0.05) is 74.5 Å². The van der Waals surface area contributed by atoms with Crippen LogP contribution < -0.4 is 9.47 Å². The molecule has 0 atom stereocenters. The van der Waals surface area contributed by atoms with Crippen LogP contribution in [-0.4, -0.2) is 5.11 Å². The molecule has 0 aliphatic heterocycles. The molecule has 4 heteroatoms. The van der Waals surface area contributed by atoms with Gasteiger partial charge in [0, 0.05) is 11.6 Å². The third-order valence-electron chi connectivity index (χ3n) is 7.56. The Morgan fingerprint density at radius 1 is 0.711 bits per heavy atom. The highest BCUT2D eigenvalue weighted by Crippen LogP contribution is 2.48. The van der Waals surface area contributed by atoms with Crippen LogP contribution in [0.2, 0.25) is 0 Å². The van der Waals surface area contributed by atoms with Crippen LogP contribution in [-0.2, 0) is 31.7 Å². The summed E-state index contributed by atoms with van der Waals surface area (Å²) in [5.74, 6) is 0.948. The van der Waals surface area contributed by atoms with Gasteiger partial charge in [0.2, 0.25) is 0 Å². The van der Waals surface area contributed by atoms with Gasteiger partial charge >= 0.3 is 0 Å². The minimum atomic E-state index is -0.978. The SMILES string of the molecule is CCc1cc(-c2cc(CC)c(OCc3ccccc3)cc2C2(O)CCC2)c(F)cc1OCc1ccccc1. The van der Waals surface area contributed by atoms with Crippen molar-refractivity contribution in [2.75, 3.05) is 0 Å². The Labute approximate surface area is 224 Å². The summed E-state index contributed by atoms with van der Waals surface area (Å²) in [4.78, 5) is 0. The number of benzene rings is 4. The first-order chi connectivity index (χ1) is 18.5. The monoisotopic (exact) mass is 510 g/mol. The number of rotatable bonds is 10. The number of hydrogen-bond acceptors (Lipinski definition) is 3. The summed E-state index contributed by atoms with van der Waals surface area (Å²) in [5, 5.41) is 11.5. The van der Waals surface area contributed by atoms with Crippen LogP contribution in [0.3, 0.4) is 0 Å². The predicted octanol–water partition coefficient (Wildman–Crippen LogP) is 8.15. The largest absolute Gasteiger partial charge is 0.489 e. The molecule has 0 unspecified atom stereocenters. The molecule has 0 heterocycles. The topological polar surface area (TPSA) is 38.7 Å². The van der Waals surface area contributed by atoms with Crippen molar-refractivity contribution in [2.45, 2.75) is 64.8 Å². The zero-order chi connectivity index (χ0) is 26.5. The molecule has 1 fully saturated rings. The van der Waals surface area contributed by atoms with Gasteiger partial charge in [-0.25, -0.2) is 4.39 Å². The second kappa shape index (κ2) is 11.4. The number of ether oxygens (including phenoxy) is 2. The Balaban J connectivity index is 1.52. The van der Waals surface area contributed by atoms with Gasteiger partial charge in [0.15, 0.2) is 0 Å². The fourth-order valence-electron chi connectivity index (χ4n) is 5.11. The molecule has 0 spiro atoms. The predicted molar refractivity (Wildman–Crippen MR) is 150 cm³/mol. The zero-order valence-corrected chi connectivity index (χ0v) is 22.2. The molecule has 1 aliphatic carbocycles. The van der Waals surface area contributed by atoms with Gasteiger partial charge in [-0.05, 0) is 83.7 Å². The highest BCUT2D eigenvalue weighted by molar-refractivity contribution is 5.73. The van der Waals surface area contributed by atoms with Crippen molar-refractivity contribution in [3.8, 4) is 22.6 Å². The lowest BCUT2D eigenvalue weighted by molar-refractivity contribution is -0.0384. The van der Waals surface area contributed by atoms with E-state index in [0.717, 1.165) is 52.0 Å². The second-order valence-electron chi connectivity index (χ2n) is 10.1. The average Bonchev–Trinajstić information content (AvgIpc) is 2.94. The number of hydrogen-bond donors (Lipinski definition) is 1. The lowest BCUT2D eigenvalue weighted by atomic mass is 9.72. The van der Waals surface area contributed by atoms with Crippen molar-refractivity contribution in [2.24, 2.45) is 0 Å². The molecule has 38 heavy (non-hydrogen) atoms. The molecule has 0 saturated heterocycles. The Morgan fingerprint density at radius 3 is 1.68 bits per heavy atom. The molecule has 4 aromatic carbocycles. The van der Waals surface area contributed by atoms with Crippen LogP contribution in [0, 0.1) is 5.82 Å². The van der Waals surface area contributed by atoms with Gasteiger partial charge in [-0.15, -0.1) is 0 Å². The van der Waals surface area contributed by atoms with E-state index in [9.17, 15) is 5.11 Å².